The Morgan fingerprint density at radius 3 is 2.57 bits per heavy atom. The minimum atomic E-state index is -0.833. The van der Waals surface area contributed by atoms with E-state index in [4.69, 9.17) is 9.47 Å². The molecule has 0 spiro atoms. The number of rotatable bonds is 6. The number of carbonyl (C=O) groups is 1. The maximum Gasteiger partial charge on any atom is 0.355 e. The Hall–Kier alpha value is -0.610. The van der Waals surface area contributed by atoms with Gasteiger partial charge < -0.3 is 9.47 Å². The molecule has 82 valence electrons. The third-order valence-corrected chi connectivity index (χ3v) is 2.32. The number of ether oxygens (including phenoxy) is 2. The third-order valence-electron chi connectivity index (χ3n) is 2.32. The van der Waals surface area contributed by atoms with Crippen LogP contribution in [0.2, 0.25) is 0 Å². The van der Waals surface area contributed by atoms with Gasteiger partial charge in [0.15, 0.2) is 0 Å². The maximum absolute atomic E-state index is 11.6. The summed E-state index contributed by atoms with van der Waals surface area (Å²) < 4.78 is 10.4. The Bertz CT molecular complexity index is 208. The normalized spacial score (nSPS) is 30.1. The molecule has 1 aliphatic rings. The average Bonchev–Trinajstić information content (AvgIpc) is 2.82. The predicted octanol–water partition coefficient (Wildman–Crippen LogP) is 1.05. The number of carbonyl (C=O) groups excluding carboxylic acids is 1. The van der Waals surface area contributed by atoms with Crippen LogP contribution in [0.4, 0.5) is 0 Å². The third kappa shape index (κ3) is 2.07. The van der Waals surface area contributed by atoms with Crippen molar-refractivity contribution in [1.82, 2.24) is 5.32 Å². The standard InChI is InChI=1S/C10H19NO3/c1-4-7-8-10(11-8,14-6-3)9(12)13-5-2/h8,11H,4-7H2,1-3H3. The van der Waals surface area contributed by atoms with Gasteiger partial charge in [-0.05, 0) is 20.3 Å². The molecule has 0 aromatic heterocycles. The van der Waals surface area contributed by atoms with E-state index in [9.17, 15) is 4.79 Å². The number of hydrogen-bond donors (Lipinski definition) is 1. The molecule has 4 nitrogen and oxygen atoms in total. The molecule has 0 aromatic carbocycles. The summed E-state index contributed by atoms with van der Waals surface area (Å²) in [6.45, 7) is 6.68. The summed E-state index contributed by atoms with van der Waals surface area (Å²) in [6.07, 6.45) is 1.98. The second-order valence-corrected chi connectivity index (χ2v) is 3.37. The van der Waals surface area contributed by atoms with E-state index in [0.29, 0.717) is 13.2 Å². The Morgan fingerprint density at radius 2 is 2.07 bits per heavy atom. The molecule has 1 fully saturated rings. The van der Waals surface area contributed by atoms with Crippen molar-refractivity contribution in [2.45, 2.75) is 45.4 Å². The van der Waals surface area contributed by atoms with Gasteiger partial charge in [0.2, 0.25) is 5.72 Å². The van der Waals surface area contributed by atoms with Gasteiger partial charge in [0.1, 0.15) is 0 Å². The van der Waals surface area contributed by atoms with Gasteiger partial charge in [-0.3, -0.25) is 5.32 Å². The van der Waals surface area contributed by atoms with E-state index in [1.807, 2.05) is 6.92 Å². The minimum absolute atomic E-state index is 0.131. The molecule has 0 amide bonds. The van der Waals surface area contributed by atoms with E-state index in [1.54, 1.807) is 6.92 Å². The number of hydrogen-bond acceptors (Lipinski definition) is 4. The highest BCUT2D eigenvalue weighted by Crippen LogP contribution is 2.32. The van der Waals surface area contributed by atoms with Crippen LogP contribution in [0.25, 0.3) is 0 Å². The molecule has 0 aromatic rings. The molecule has 2 unspecified atom stereocenters. The minimum Gasteiger partial charge on any atom is -0.463 e. The van der Waals surface area contributed by atoms with Crippen LogP contribution in [0.1, 0.15) is 33.6 Å². The topological polar surface area (TPSA) is 57.5 Å². The molecule has 0 saturated carbocycles. The first-order valence-electron chi connectivity index (χ1n) is 5.30. The highest BCUT2D eigenvalue weighted by Gasteiger charge is 2.61. The van der Waals surface area contributed by atoms with Crippen LogP contribution in [0.5, 0.6) is 0 Å². The molecule has 1 aliphatic heterocycles. The van der Waals surface area contributed by atoms with Crippen molar-refractivity contribution in [1.29, 1.82) is 0 Å². The zero-order valence-electron chi connectivity index (χ0n) is 9.13. The first kappa shape index (κ1) is 11.5. The summed E-state index contributed by atoms with van der Waals surface area (Å²) >= 11 is 0. The summed E-state index contributed by atoms with van der Waals surface area (Å²) in [4.78, 5) is 11.6. The summed E-state index contributed by atoms with van der Waals surface area (Å²) in [6, 6.07) is 0.131. The molecule has 1 heterocycles. The first-order chi connectivity index (χ1) is 6.71. The van der Waals surface area contributed by atoms with Crippen LogP contribution in [-0.4, -0.2) is 30.9 Å². The fourth-order valence-corrected chi connectivity index (χ4v) is 1.65. The Morgan fingerprint density at radius 1 is 1.36 bits per heavy atom. The van der Waals surface area contributed by atoms with Crippen molar-refractivity contribution in [3.05, 3.63) is 0 Å². The Balaban J connectivity index is 2.53. The SMILES string of the molecule is CCCC1NC1(OCC)C(=O)OCC. The van der Waals surface area contributed by atoms with Crippen LogP contribution in [0.3, 0.4) is 0 Å². The first-order valence-corrected chi connectivity index (χ1v) is 5.30. The van der Waals surface area contributed by atoms with E-state index >= 15 is 0 Å². The summed E-state index contributed by atoms with van der Waals surface area (Å²) in [7, 11) is 0. The van der Waals surface area contributed by atoms with Gasteiger partial charge in [-0.15, -0.1) is 0 Å². The maximum atomic E-state index is 11.6. The van der Waals surface area contributed by atoms with Crippen LogP contribution in [0, 0.1) is 0 Å². The van der Waals surface area contributed by atoms with Crippen molar-refractivity contribution >= 4 is 5.97 Å². The van der Waals surface area contributed by atoms with Crippen molar-refractivity contribution < 1.29 is 14.3 Å². The molecule has 1 N–H and O–H groups in total. The van der Waals surface area contributed by atoms with Crippen molar-refractivity contribution in [3.8, 4) is 0 Å². The highest BCUT2D eigenvalue weighted by atomic mass is 16.6. The monoisotopic (exact) mass is 201 g/mol. The van der Waals surface area contributed by atoms with Crippen molar-refractivity contribution in [2.24, 2.45) is 0 Å². The van der Waals surface area contributed by atoms with E-state index < -0.39 is 5.72 Å². The lowest BCUT2D eigenvalue weighted by Crippen LogP contribution is -2.35. The summed E-state index contributed by atoms with van der Waals surface area (Å²) in [5, 5.41) is 3.07. The van der Waals surface area contributed by atoms with Crippen molar-refractivity contribution in [2.75, 3.05) is 13.2 Å². The van der Waals surface area contributed by atoms with E-state index in [1.165, 1.54) is 0 Å². The lowest BCUT2D eigenvalue weighted by molar-refractivity contribution is -0.161. The van der Waals surface area contributed by atoms with Gasteiger partial charge >= 0.3 is 5.97 Å². The Kier molecular flexibility index (Phi) is 3.89. The van der Waals surface area contributed by atoms with E-state index in [-0.39, 0.29) is 12.0 Å². The molecule has 0 aliphatic carbocycles. The molecule has 0 bridgehead atoms. The second-order valence-electron chi connectivity index (χ2n) is 3.37. The van der Waals surface area contributed by atoms with Gasteiger partial charge in [0.25, 0.3) is 0 Å². The smallest absolute Gasteiger partial charge is 0.355 e. The molecule has 14 heavy (non-hydrogen) atoms. The molecule has 4 heteroatoms. The molecule has 2 atom stereocenters. The summed E-state index contributed by atoms with van der Waals surface area (Å²) in [5.41, 5.74) is -0.833. The van der Waals surface area contributed by atoms with Crippen LogP contribution < -0.4 is 5.32 Å². The summed E-state index contributed by atoms with van der Waals surface area (Å²) in [5.74, 6) is -0.277. The average molecular weight is 201 g/mol. The number of esters is 1. The van der Waals surface area contributed by atoms with E-state index in [2.05, 4.69) is 12.2 Å². The van der Waals surface area contributed by atoms with Crippen LogP contribution in [0.15, 0.2) is 0 Å². The largest absolute Gasteiger partial charge is 0.463 e. The molecule has 0 radical (unpaired) electrons. The molecule has 1 rings (SSSR count). The van der Waals surface area contributed by atoms with Gasteiger partial charge in [-0.25, -0.2) is 4.79 Å². The van der Waals surface area contributed by atoms with Gasteiger partial charge in [-0.1, -0.05) is 13.3 Å². The quantitative estimate of drug-likeness (QED) is 0.515. The highest BCUT2D eigenvalue weighted by molar-refractivity contribution is 5.84. The van der Waals surface area contributed by atoms with Crippen LogP contribution in [-0.2, 0) is 14.3 Å². The molecule has 1 saturated heterocycles. The molecular formula is C10H19NO3. The predicted molar refractivity (Wildman–Crippen MR) is 52.8 cm³/mol. The number of nitrogens with one attached hydrogen (secondary N) is 1. The zero-order valence-corrected chi connectivity index (χ0v) is 9.13. The van der Waals surface area contributed by atoms with Gasteiger partial charge in [0, 0.05) is 6.61 Å². The lowest BCUT2D eigenvalue weighted by Gasteiger charge is -2.13. The van der Waals surface area contributed by atoms with Crippen LogP contribution >= 0.6 is 0 Å². The fourth-order valence-electron chi connectivity index (χ4n) is 1.65. The van der Waals surface area contributed by atoms with E-state index in [0.717, 1.165) is 12.8 Å². The fraction of sp³-hybridized carbons (Fsp3) is 0.900. The van der Waals surface area contributed by atoms with Gasteiger partial charge in [-0.2, -0.15) is 0 Å². The van der Waals surface area contributed by atoms with Gasteiger partial charge in [0.05, 0.1) is 12.6 Å². The molecular weight excluding hydrogens is 182 g/mol. The second kappa shape index (κ2) is 4.75. The zero-order chi connectivity index (χ0) is 10.6. The lowest BCUT2D eigenvalue weighted by atomic mass is 10.1. The Labute approximate surface area is 85.0 Å². The van der Waals surface area contributed by atoms with Crippen molar-refractivity contribution in [3.63, 3.8) is 0 Å².